The van der Waals surface area contributed by atoms with Gasteiger partial charge in [0, 0.05) is 30.3 Å². The van der Waals surface area contributed by atoms with E-state index < -0.39 is 0 Å². The van der Waals surface area contributed by atoms with Gasteiger partial charge in [0.25, 0.3) is 11.5 Å². The van der Waals surface area contributed by atoms with Crippen LogP contribution in [0.5, 0.6) is 0 Å². The highest BCUT2D eigenvalue weighted by atomic mass is 16.1. The molecule has 1 fully saturated rings. The summed E-state index contributed by atoms with van der Waals surface area (Å²) in [6, 6.07) is 12.8. The van der Waals surface area contributed by atoms with E-state index in [0.717, 1.165) is 31.6 Å². The van der Waals surface area contributed by atoms with E-state index in [1.54, 1.807) is 53.3 Å². The lowest BCUT2D eigenvalue weighted by Crippen LogP contribution is -2.30. The Labute approximate surface area is 202 Å². The van der Waals surface area contributed by atoms with E-state index in [-0.39, 0.29) is 23.2 Å². The van der Waals surface area contributed by atoms with Gasteiger partial charge in [-0.05, 0) is 62.7 Å². The summed E-state index contributed by atoms with van der Waals surface area (Å²) in [5, 5.41) is 14.6. The number of nitrogens with one attached hydrogen (secondary N) is 2. The maximum absolute atomic E-state index is 12.8. The largest absolute Gasteiger partial charge is 0.380 e. The third-order valence-electron chi connectivity index (χ3n) is 6.76. The second-order valence-electron chi connectivity index (χ2n) is 8.91. The number of fused-ring (bicyclic) bond motifs is 1. The minimum atomic E-state index is -0.302. The van der Waals surface area contributed by atoms with E-state index in [4.69, 9.17) is 10.8 Å². The number of carbonyl (C=O) groups excluding carboxylic acids is 1. The molecule has 3 aromatic heterocycles. The summed E-state index contributed by atoms with van der Waals surface area (Å²) in [5.41, 5.74) is 8.29. The number of H-pyrrole nitrogens is 1. The van der Waals surface area contributed by atoms with Gasteiger partial charge in [-0.15, -0.1) is 0 Å². The molecule has 1 aliphatic rings. The van der Waals surface area contributed by atoms with Crippen LogP contribution in [0, 0.1) is 0 Å². The van der Waals surface area contributed by atoms with Gasteiger partial charge in [-0.2, -0.15) is 10.2 Å². The zero-order valence-corrected chi connectivity index (χ0v) is 19.7. The predicted octanol–water partition coefficient (Wildman–Crippen LogP) is 2.93. The molecular formula is C25H28N8O2. The summed E-state index contributed by atoms with van der Waals surface area (Å²) in [5.74, 6) is 0.534. The van der Waals surface area contributed by atoms with Crippen LogP contribution in [-0.4, -0.2) is 54.9 Å². The van der Waals surface area contributed by atoms with Gasteiger partial charge >= 0.3 is 0 Å². The maximum Gasteiger partial charge on any atom is 0.275 e. The molecule has 4 aromatic rings. The monoisotopic (exact) mass is 472 g/mol. The van der Waals surface area contributed by atoms with Gasteiger partial charge in [0.15, 0.2) is 5.82 Å². The van der Waals surface area contributed by atoms with Gasteiger partial charge < -0.3 is 11.1 Å². The Bertz CT molecular complexity index is 1410. The number of benzene rings is 1. The molecule has 1 aromatic carbocycles. The molecular weight excluding hydrogens is 444 g/mol. The molecule has 0 saturated carbocycles. The first-order chi connectivity index (χ1) is 17.0. The number of pyridine rings is 1. The van der Waals surface area contributed by atoms with Gasteiger partial charge in [0.1, 0.15) is 11.3 Å². The Kier molecular flexibility index (Phi) is 6.04. The summed E-state index contributed by atoms with van der Waals surface area (Å²) in [6.45, 7) is 6.21. The van der Waals surface area contributed by atoms with E-state index in [9.17, 15) is 9.59 Å². The molecule has 180 valence electrons. The highest BCUT2D eigenvalue weighted by Crippen LogP contribution is 2.33. The van der Waals surface area contributed by atoms with Crippen LogP contribution >= 0.6 is 0 Å². The molecule has 4 heterocycles. The van der Waals surface area contributed by atoms with E-state index >= 15 is 0 Å². The lowest BCUT2D eigenvalue weighted by Gasteiger charge is -2.22. The fourth-order valence-electron chi connectivity index (χ4n) is 4.64. The lowest BCUT2D eigenvalue weighted by molar-refractivity contribution is 0.102. The molecule has 0 bridgehead atoms. The van der Waals surface area contributed by atoms with Crippen molar-refractivity contribution in [3.05, 3.63) is 70.3 Å². The normalized spacial score (nSPS) is 17.0. The molecule has 0 aliphatic carbocycles. The Hall–Kier alpha value is -4.05. The Morgan fingerprint density at radius 2 is 2.06 bits per heavy atom. The van der Waals surface area contributed by atoms with Crippen LogP contribution in [0.4, 0.5) is 11.6 Å². The van der Waals surface area contributed by atoms with Crippen LogP contribution in [-0.2, 0) is 0 Å². The molecule has 0 radical (unpaired) electrons. The molecule has 4 N–H and O–H groups in total. The third-order valence-corrected chi connectivity index (χ3v) is 6.76. The Balaban J connectivity index is 1.49. The van der Waals surface area contributed by atoms with Crippen molar-refractivity contribution in [1.82, 2.24) is 29.9 Å². The molecule has 35 heavy (non-hydrogen) atoms. The topological polar surface area (TPSA) is 135 Å². The molecule has 1 amide bonds. The fraction of sp³-hybridized carbons (Fsp3) is 0.320. The second-order valence-corrected chi connectivity index (χ2v) is 8.91. The summed E-state index contributed by atoms with van der Waals surface area (Å²) >= 11 is 0. The fourth-order valence-corrected chi connectivity index (χ4v) is 4.64. The van der Waals surface area contributed by atoms with E-state index in [1.807, 2.05) is 0 Å². The smallest absolute Gasteiger partial charge is 0.275 e. The molecule has 0 spiro atoms. The summed E-state index contributed by atoms with van der Waals surface area (Å²) in [7, 11) is 0. The van der Waals surface area contributed by atoms with Crippen LogP contribution in [0.1, 0.15) is 48.7 Å². The number of hydrogen-bond donors (Lipinski definition) is 3. The molecule has 5 rings (SSSR count). The number of anilines is 2. The van der Waals surface area contributed by atoms with Gasteiger partial charge in [-0.25, -0.2) is 14.8 Å². The molecule has 10 heteroatoms. The Morgan fingerprint density at radius 3 is 2.77 bits per heavy atom. The van der Waals surface area contributed by atoms with Crippen molar-refractivity contribution in [1.29, 1.82) is 0 Å². The van der Waals surface area contributed by atoms with Crippen LogP contribution in [0.3, 0.4) is 0 Å². The minimum absolute atomic E-state index is 0.124. The minimum Gasteiger partial charge on any atom is -0.380 e. The van der Waals surface area contributed by atoms with Crippen LogP contribution in [0.15, 0.2) is 53.5 Å². The Morgan fingerprint density at radius 1 is 1.26 bits per heavy atom. The van der Waals surface area contributed by atoms with Crippen molar-refractivity contribution >= 4 is 28.4 Å². The molecule has 2 atom stereocenters. The number of aromatic nitrogens is 5. The first kappa shape index (κ1) is 22.7. The zero-order chi connectivity index (χ0) is 24.5. The van der Waals surface area contributed by atoms with Gasteiger partial charge in [0.2, 0.25) is 0 Å². The van der Waals surface area contributed by atoms with E-state index in [2.05, 4.69) is 39.2 Å². The first-order valence-corrected chi connectivity index (χ1v) is 11.8. The molecule has 1 unspecified atom stereocenters. The highest BCUT2D eigenvalue weighted by molar-refractivity contribution is 6.03. The number of likely N-dealkylation sites (tertiary alicyclic amines) is 1. The average Bonchev–Trinajstić information content (AvgIpc) is 3.53. The SMILES string of the molecule is CCC(C)N1CC[C@@H](c2nn(-c3ccc(C(=O)Nc4ccccn4)cc3)c3c(N)n[nH]c(=O)c23)C1. The van der Waals surface area contributed by atoms with Crippen molar-refractivity contribution in [2.45, 2.75) is 38.6 Å². The van der Waals surface area contributed by atoms with Crippen LogP contribution in [0.2, 0.25) is 0 Å². The summed E-state index contributed by atoms with van der Waals surface area (Å²) in [6.07, 6.45) is 3.61. The zero-order valence-electron chi connectivity index (χ0n) is 19.7. The summed E-state index contributed by atoms with van der Waals surface area (Å²) in [4.78, 5) is 32.0. The van der Waals surface area contributed by atoms with Crippen molar-refractivity contribution in [3.8, 4) is 5.69 Å². The number of carbonyl (C=O) groups is 1. The second kappa shape index (κ2) is 9.30. The average molecular weight is 473 g/mol. The standard InChI is InChI=1S/C25H28N8O2/c1-3-15(2)32-13-11-17(14-32)21-20-22(23(26)29-30-25(20)35)33(31-21)18-9-7-16(8-10-18)24(34)28-19-6-4-5-12-27-19/h4-10,12,15,17H,3,11,13-14H2,1-2H3,(H2,26,29)(H,30,35)(H,27,28,34)/t15?,17-/m1/s1. The van der Waals surface area contributed by atoms with Gasteiger partial charge in [-0.1, -0.05) is 13.0 Å². The number of amides is 1. The third kappa shape index (κ3) is 4.28. The van der Waals surface area contributed by atoms with Crippen molar-refractivity contribution in [2.24, 2.45) is 0 Å². The van der Waals surface area contributed by atoms with Gasteiger partial charge in [0.05, 0.1) is 16.8 Å². The van der Waals surface area contributed by atoms with E-state index in [1.165, 1.54) is 0 Å². The van der Waals surface area contributed by atoms with Crippen molar-refractivity contribution < 1.29 is 4.79 Å². The molecule has 10 nitrogen and oxygen atoms in total. The molecule has 1 saturated heterocycles. The number of nitrogen functional groups attached to an aromatic ring is 1. The van der Waals surface area contributed by atoms with Gasteiger partial charge in [-0.3, -0.25) is 14.5 Å². The number of rotatable bonds is 6. The van der Waals surface area contributed by atoms with Crippen molar-refractivity contribution in [3.63, 3.8) is 0 Å². The molecule has 1 aliphatic heterocycles. The van der Waals surface area contributed by atoms with E-state index in [0.29, 0.717) is 34.0 Å². The summed E-state index contributed by atoms with van der Waals surface area (Å²) < 4.78 is 1.66. The van der Waals surface area contributed by atoms with Crippen LogP contribution < -0.4 is 16.6 Å². The number of hydrogen-bond acceptors (Lipinski definition) is 7. The number of nitrogens with zero attached hydrogens (tertiary/aromatic N) is 5. The lowest BCUT2D eigenvalue weighted by atomic mass is 10.0. The van der Waals surface area contributed by atoms with Crippen molar-refractivity contribution in [2.75, 3.05) is 24.1 Å². The number of nitrogens with two attached hydrogens (primary N) is 1. The number of aromatic amines is 1. The quantitative estimate of drug-likeness (QED) is 0.393. The predicted molar refractivity (Wildman–Crippen MR) is 135 cm³/mol. The first-order valence-electron chi connectivity index (χ1n) is 11.8. The van der Waals surface area contributed by atoms with Crippen LogP contribution in [0.25, 0.3) is 16.6 Å². The highest BCUT2D eigenvalue weighted by Gasteiger charge is 2.32. The maximum atomic E-state index is 12.8.